The number of nitrogens with zero attached hydrogens (tertiary/aromatic N) is 2. The van der Waals surface area contributed by atoms with E-state index in [0.29, 0.717) is 0 Å². The van der Waals surface area contributed by atoms with Gasteiger partial charge in [-0.1, -0.05) is 65.7 Å². The monoisotopic (exact) mass is 478 g/mol. The number of anilines is 1. The summed E-state index contributed by atoms with van der Waals surface area (Å²) < 4.78 is 1.84. The molecule has 2 heterocycles. The molecule has 7 heteroatoms. The molecule has 1 aromatic heterocycles. The number of urea groups is 1. The highest BCUT2D eigenvalue weighted by Gasteiger charge is 2.33. The van der Waals surface area contributed by atoms with Crippen LogP contribution in [0.25, 0.3) is 17.0 Å². The van der Waals surface area contributed by atoms with Crippen LogP contribution in [-0.2, 0) is 22.7 Å². The fourth-order valence-corrected chi connectivity index (χ4v) is 4.38. The van der Waals surface area contributed by atoms with Crippen LogP contribution in [0.5, 0.6) is 0 Å². The number of benzene rings is 3. The maximum atomic E-state index is 13.1. The molecule has 0 spiro atoms. The van der Waals surface area contributed by atoms with Crippen molar-refractivity contribution in [2.45, 2.75) is 26.9 Å². The lowest BCUT2D eigenvalue weighted by molar-refractivity contribution is -0.123. The molecule has 5 rings (SSSR count). The average Bonchev–Trinajstić information content (AvgIpc) is 3.32. The lowest BCUT2D eigenvalue weighted by Crippen LogP contribution is -2.30. The van der Waals surface area contributed by atoms with Gasteiger partial charge in [0.1, 0.15) is 12.2 Å². The van der Waals surface area contributed by atoms with E-state index in [2.05, 4.69) is 10.6 Å². The molecule has 36 heavy (non-hydrogen) atoms. The smallest absolute Gasteiger partial charge is 0.329 e. The van der Waals surface area contributed by atoms with Crippen molar-refractivity contribution in [1.29, 1.82) is 0 Å². The molecule has 1 aliphatic heterocycles. The van der Waals surface area contributed by atoms with Crippen LogP contribution in [0.1, 0.15) is 22.3 Å². The molecule has 1 saturated heterocycles. The van der Waals surface area contributed by atoms with Crippen LogP contribution in [-0.4, -0.2) is 27.3 Å². The van der Waals surface area contributed by atoms with E-state index < -0.39 is 6.03 Å². The molecule has 0 bridgehead atoms. The third-order valence-corrected chi connectivity index (χ3v) is 6.15. The number of amides is 4. The highest BCUT2D eigenvalue weighted by molar-refractivity contribution is 6.14. The second-order valence-electron chi connectivity index (χ2n) is 9.01. The van der Waals surface area contributed by atoms with E-state index in [4.69, 9.17) is 0 Å². The van der Waals surface area contributed by atoms with Crippen molar-refractivity contribution in [2.24, 2.45) is 0 Å². The standard InChI is InChI=1S/C29H26N4O3/c1-19-10-12-23(13-11-19)30-27(34)18-32-17-22(24-8-3-4-9-26(24)32)15-25-28(35)33(29(36)31-25)16-21-7-5-6-20(2)14-21/h3-15,17H,16,18H2,1-2H3,(H,30,34)(H,31,36)/b25-15+. The molecule has 0 radical (unpaired) electrons. The summed E-state index contributed by atoms with van der Waals surface area (Å²) in [5, 5.41) is 6.50. The van der Waals surface area contributed by atoms with Gasteiger partial charge in [-0.15, -0.1) is 0 Å². The van der Waals surface area contributed by atoms with Crippen molar-refractivity contribution in [3.8, 4) is 0 Å². The van der Waals surface area contributed by atoms with Gasteiger partial charge in [-0.05, 0) is 43.7 Å². The second-order valence-corrected chi connectivity index (χ2v) is 9.01. The van der Waals surface area contributed by atoms with Crippen LogP contribution in [0.15, 0.2) is 84.7 Å². The van der Waals surface area contributed by atoms with E-state index in [1.807, 2.05) is 97.4 Å². The molecule has 1 aliphatic rings. The van der Waals surface area contributed by atoms with Gasteiger partial charge in [-0.3, -0.25) is 14.5 Å². The molecule has 7 nitrogen and oxygen atoms in total. The zero-order valence-electron chi connectivity index (χ0n) is 20.1. The highest BCUT2D eigenvalue weighted by atomic mass is 16.2. The van der Waals surface area contributed by atoms with Gasteiger partial charge in [-0.2, -0.15) is 0 Å². The molecular formula is C29H26N4O3. The van der Waals surface area contributed by atoms with E-state index in [-0.39, 0.29) is 30.6 Å². The van der Waals surface area contributed by atoms with E-state index >= 15 is 0 Å². The third-order valence-electron chi connectivity index (χ3n) is 6.15. The summed E-state index contributed by atoms with van der Waals surface area (Å²) in [6.07, 6.45) is 3.50. The topological polar surface area (TPSA) is 83.4 Å². The predicted molar refractivity (Wildman–Crippen MR) is 140 cm³/mol. The highest BCUT2D eigenvalue weighted by Crippen LogP contribution is 2.25. The SMILES string of the molecule is Cc1ccc(NC(=O)Cn2cc(/C=C3/NC(=O)N(Cc4cccc(C)c4)C3=O)c3ccccc32)cc1. The maximum absolute atomic E-state index is 13.1. The number of aryl methyl sites for hydroxylation is 2. The molecule has 0 saturated carbocycles. The Morgan fingerprint density at radius 3 is 2.50 bits per heavy atom. The van der Waals surface area contributed by atoms with E-state index in [1.54, 1.807) is 6.08 Å². The quantitative estimate of drug-likeness (QED) is 0.303. The Kier molecular flexibility index (Phi) is 6.12. The Morgan fingerprint density at radius 1 is 0.944 bits per heavy atom. The Hall–Kier alpha value is -4.65. The molecule has 3 aromatic carbocycles. The lowest BCUT2D eigenvalue weighted by Gasteiger charge is -2.12. The predicted octanol–water partition coefficient (Wildman–Crippen LogP) is 4.99. The number of rotatable bonds is 6. The van der Waals surface area contributed by atoms with Crippen molar-refractivity contribution in [2.75, 3.05) is 5.32 Å². The average molecular weight is 479 g/mol. The first-order chi connectivity index (χ1) is 17.4. The first kappa shape index (κ1) is 23.1. The van der Waals surface area contributed by atoms with Gasteiger partial charge in [0, 0.05) is 28.4 Å². The number of carbonyl (C=O) groups is 3. The van der Waals surface area contributed by atoms with Crippen LogP contribution in [0, 0.1) is 13.8 Å². The number of aromatic nitrogens is 1. The minimum Gasteiger partial charge on any atom is -0.337 e. The maximum Gasteiger partial charge on any atom is 0.329 e. The first-order valence-corrected chi connectivity index (χ1v) is 11.7. The minimum atomic E-state index is -0.450. The van der Waals surface area contributed by atoms with Crippen LogP contribution >= 0.6 is 0 Å². The van der Waals surface area contributed by atoms with Crippen LogP contribution in [0.4, 0.5) is 10.5 Å². The van der Waals surface area contributed by atoms with E-state index in [0.717, 1.165) is 38.8 Å². The van der Waals surface area contributed by atoms with Gasteiger partial charge in [0.2, 0.25) is 5.91 Å². The fraction of sp³-hybridized carbons (Fsp3) is 0.138. The van der Waals surface area contributed by atoms with Gasteiger partial charge < -0.3 is 15.2 Å². The third kappa shape index (κ3) is 4.77. The summed E-state index contributed by atoms with van der Waals surface area (Å²) >= 11 is 0. The molecule has 0 aliphatic carbocycles. The van der Waals surface area contributed by atoms with Crippen LogP contribution in [0.2, 0.25) is 0 Å². The van der Waals surface area contributed by atoms with Gasteiger partial charge in [0.05, 0.1) is 6.54 Å². The number of nitrogens with one attached hydrogen (secondary N) is 2. The van der Waals surface area contributed by atoms with Gasteiger partial charge in [0.25, 0.3) is 5.91 Å². The number of imide groups is 1. The second kappa shape index (κ2) is 9.54. The van der Waals surface area contributed by atoms with E-state index in [1.165, 1.54) is 4.90 Å². The normalized spacial score (nSPS) is 14.5. The van der Waals surface area contributed by atoms with Crippen molar-refractivity contribution in [3.05, 3.63) is 107 Å². The summed E-state index contributed by atoms with van der Waals surface area (Å²) in [4.78, 5) is 39.6. The Balaban J connectivity index is 1.39. The summed E-state index contributed by atoms with van der Waals surface area (Å²) in [6.45, 7) is 4.27. The number of fused-ring (bicyclic) bond motifs is 1. The van der Waals surface area contributed by atoms with Crippen LogP contribution < -0.4 is 10.6 Å². The molecule has 180 valence electrons. The molecule has 4 amide bonds. The molecular weight excluding hydrogens is 452 g/mol. The summed E-state index contributed by atoms with van der Waals surface area (Å²) in [6, 6.07) is 22.6. The Labute approximate surface area is 209 Å². The number of para-hydroxylation sites is 1. The number of carbonyl (C=O) groups excluding carboxylic acids is 3. The van der Waals surface area contributed by atoms with Crippen LogP contribution in [0.3, 0.4) is 0 Å². The molecule has 2 N–H and O–H groups in total. The Bertz CT molecular complexity index is 1520. The lowest BCUT2D eigenvalue weighted by atomic mass is 10.1. The molecule has 0 atom stereocenters. The van der Waals surface area contributed by atoms with Gasteiger partial charge in [0.15, 0.2) is 0 Å². The van der Waals surface area contributed by atoms with E-state index in [9.17, 15) is 14.4 Å². The zero-order valence-corrected chi connectivity index (χ0v) is 20.1. The van der Waals surface area contributed by atoms with Gasteiger partial charge >= 0.3 is 6.03 Å². The molecule has 4 aromatic rings. The van der Waals surface area contributed by atoms with Crippen molar-refractivity contribution in [3.63, 3.8) is 0 Å². The Morgan fingerprint density at radius 2 is 1.72 bits per heavy atom. The number of hydrogen-bond donors (Lipinski definition) is 2. The fourth-order valence-electron chi connectivity index (χ4n) is 4.38. The number of hydrogen-bond acceptors (Lipinski definition) is 3. The molecule has 0 unspecified atom stereocenters. The van der Waals surface area contributed by atoms with Gasteiger partial charge in [-0.25, -0.2) is 4.79 Å². The van der Waals surface area contributed by atoms with Crippen molar-refractivity contribution >= 4 is 40.5 Å². The zero-order chi connectivity index (χ0) is 25.2. The summed E-state index contributed by atoms with van der Waals surface area (Å²) in [5.41, 5.74) is 5.61. The summed E-state index contributed by atoms with van der Waals surface area (Å²) in [7, 11) is 0. The first-order valence-electron chi connectivity index (χ1n) is 11.7. The van der Waals surface area contributed by atoms with Crippen molar-refractivity contribution in [1.82, 2.24) is 14.8 Å². The summed E-state index contributed by atoms with van der Waals surface area (Å²) in [5.74, 6) is -0.538. The minimum absolute atomic E-state index is 0.108. The van der Waals surface area contributed by atoms with Crippen molar-refractivity contribution < 1.29 is 14.4 Å². The molecule has 1 fully saturated rings. The largest absolute Gasteiger partial charge is 0.337 e.